The van der Waals surface area contributed by atoms with Crippen LogP contribution in [0.4, 0.5) is 0 Å². The Kier molecular flexibility index (Phi) is 4.81. The van der Waals surface area contributed by atoms with Crippen LogP contribution >= 0.6 is 0 Å². The maximum Gasteiger partial charge on any atom is 0.257 e. The van der Waals surface area contributed by atoms with Crippen LogP contribution in [0.15, 0.2) is 47.4 Å². The van der Waals surface area contributed by atoms with Crippen LogP contribution in [0.1, 0.15) is 12.8 Å². The van der Waals surface area contributed by atoms with Crippen molar-refractivity contribution in [2.45, 2.75) is 18.9 Å². The first kappa shape index (κ1) is 17.5. The fraction of sp³-hybridized carbons (Fsp3) is 0.333. The average molecular weight is 365 g/mol. The van der Waals surface area contributed by atoms with E-state index in [1.165, 1.54) is 0 Å². The number of methoxy groups -OCH3 is 1. The molecular formula is C21H23N3O3. The predicted octanol–water partition coefficient (Wildman–Crippen LogP) is 3.07. The van der Waals surface area contributed by atoms with Crippen LogP contribution < -0.4 is 15.0 Å². The number of nitrogens with one attached hydrogen (secondary N) is 1. The van der Waals surface area contributed by atoms with Crippen molar-refractivity contribution in [2.24, 2.45) is 0 Å². The molecule has 1 aromatic carbocycles. The smallest absolute Gasteiger partial charge is 0.257 e. The van der Waals surface area contributed by atoms with Gasteiger partial charge in [-0.05, 0) is 62.8 Å². The molecule has 2 aromatic heterocycles. The van der Waals surface area contributed by atoms with E-state index in [2.05, 4.69) is 21.9 Å². The highest BCUT2D eigenvalue weighted by molar-refractivity contribution is 5.81. The monoisotopic (exact) mass is 365 g/mol. The number of likely N-dealkylation sites (tertiary alicyclic amines) is 1. The number of fused-ring (bicyclic) bond motifs is 1. The summed E-state index contributed by atoms with van der Waals surface area (Å²) in [5.74, 6) is 1.38. The molecule has 0 aliphatic carbocycles. The van der Waals surface area contributed by atoms with E-state index in [1.807, 2.05) is 24.3 Å². The highest BCUT2D eigenvalue weighted by Gasteiger charge is 2.20. The van der Waals surface area contributed by atoms with Gasteiger partial charge in [0, 0.05) is 18.3 Å². The van der Waals surface area contributed by atoms with Crippen LogP contribution in [-0.2, 0) is 0 Å². The quantitative estimate of drug-likeness (QED) is 0.770. The standard InChI is InChI=1S/C21H23N3O3/c1-24-10-4-5-15(13-24)27-19-8-7-14(11-20(19)26-2)17-12-18-16(21(25)23-17)6-3-9-22-18/h3,6-9,11-12,15H,4-5,10,13H2,1-2H3,(H,23,25). The molecule has 3 aromatic rings. The lowest BCUT2D eigenvalue weighted by Crippen LogP contribution is -2.38. The van der Waals surface area contributed by atoms with Gasteiger partial charge in [-0.15, -0.1) is 0 Å². The number of pyridine rings is 2. The highest BCUT2D eigenvalue weighted by atomic mass is 16.5. The van der Waals surface area contributed by atoms with Crippen LogP contribution in [0.3, 0.4) is 0 Å². The minimum Gasteiger partial charge on any atom is -0.493 e. The summed E-state index contributed by atoms with van der Waals surface area (Å²) in [5.41, 5.74) is 2.07. The van der Waals surface area contributed by atoms with Gasteiger partial charge in [-0.3, -0.25) is 9.78 Å². The zero-order valence-electron chi connectivity index (χ0n) is 15.6. The first-order chi connectivity index (χ1) is 13.1. The van der Waals surface area contributed by atoms with Gasteiger partial charge < -0.3 is 19.4 Å². The molecule has 0 bridgehead atoms. The van der Waals surface area contributed by atoms with Crippen LogP contribution in [0.5, 0.6) is 11.5 Å². The maximum absolute atomic E-state index is 12.3. The second-order valence-electron chi connectivity index (χ2n) is 6.96. The Balaban J connectivity index is 1.66. The van der Waals surface area contributed by atoms with Gasteiger partial charge in [0.25, 0.3) is 5.56 Å². The second kappa shape index (κ2) is 7.40. The third kappa shape index (κ3) is 3.66. The number of nitrogens with zero attached hydrogens (tertiary/aromatic N) is 2. The van der Waals surface area contributed by atoms with Crippen molar-refractivity contribution in [1.82, 2.24) is 14.9 Å². The third-order valence-corrected chi connectivity index (χ3v) is 4.96. The molecule has 0 spiro atoms. The van der Waals surface area contributed by atoms with Gasteiger partial charge in [-0.2, -0.15) is 0 Å². The molecule has 1 unspecified atom stereocenters. The number of rotatable bonds is 4. The number of aromatic amines is 1. The summed E-state index contributed by atoms with van der Waals surface area (Å²) in [5, 5.41) is 0.578. The number of H-pyrrole nitrogens is 1. The summed E-state index contributed by atoms with van der Waals surface area (Å²) in [6, 6.07) is 11.1. The van der Waals surface area contributed by atoms with Crippen LogP contribution in [-0.4, -0.2) is 48.2 Å². The lowest BCUT2D eigenvalue weighted by Gasteiger charge is -2.30. The van der Waals surface area contributed by atoms with E-state index in [-0.39, 0.29) is 11.7 Å². The van der Waals surface area contributed by atoms with E-state index in [0.29, 0.717) is 22.3 Å². The number of aromatic nitrogens is 2. The van der Waals surface area contributed by atoms with E-state index < -0.39 is 0 Å². The third-order valence-electron chi connectivity index (χ3n) is 4.96. The number of benzene rings is 1. The van der Waals surface area contributed by atoms with Gasteiger partial charge in [-0.1, -0.05) is 0 Å². The molecule has 27 heavy (non-hydrogen) atoms. The minimum absolute atomic E-state index is 0.153. The van der Waals surface area contributed by atoms with Crippen molar-refractivity contribution in [3.63, 3.8) is 0 Å². The van der Waals surface area contributed by atoms with Crippen LogP contribution in [0.2, 0.25) is 0 Å². The van der Waals surface area contributed by atoms with Gasteiger partial charge >= 0.3 is 0 Å². The molecule has 0 amide bonds. The molecule has 0 radical (unpaired) electrons. The van der Waals surface area contributed by atoms with Crippen molar-refractivity contribution in [2.75, 3.05) is 27.2 Å². The van der Waals surface area contributed by atoms with E-state index in [1.54, 1.807) is 25.4 Å². The molecule has 1 aliphatic heterocycles. The summed E-state index contributed by atoms with van der Waals surface area (Å²) < 4.78 is 11.7. The molecule has 1 atom stereocenters. The summed E-state index contributed by atoms with van der Waals surface area (Å²) in [6.07, 6.45) is 4.02. The molecule has 6 nitrogen and oxygen atoms in total. The minimum atomic E-state index is -0.153. The highest BCUT2D eigenvalue weighted by Crippen LogP contribution is 2.33. The predicted molar refractivity (Wildman–Crippen MR) is 105 cm³/mol. The lowest BCUT2D eigenvalue weighted by atomic mass is 10.1. The van der Waals surface area contributed by atoms with Gasteiger partial charge in [-0.25, -0.2) is 0 Å². The number of hydrogen-bond donors (Lipinski definition) is 1. The Morgan fingerprint density at radius 2 is 2.11 bits per heavy atom. The Morgan fingerprint density at radius 1 is 1.22 bits per heavy atom. The van der Waals surface area contributed by atoms with Gasteiger partial charge in [0.15, 0.2) is 11.5 Å². The SMILES string of the molecule is COc1cc(-c2cc3ncccc3c(=O)[nH]2)ccc1OC1CCCN(C)C1. The molecular weight excluding hydrogens is 342 g/mol. The topological polar surface area (TPSA) is 67.4 Å². The fourth-order valence-electron chi connectivity index (χ4n) is 3.57. The van der Waals surface area contributed by atoms with E-state index in [4.69, 9.17) is 9.47 Å². The summed E-state index contributed by atoms with van der Waals surface area (Å²) in [7, 11) is 3.74. The lowest BCUT2D eigenvalue weighted by molar-refractivity contribution is 0.101. The second-order valence-corrected chi connectivity index (χ2v) is 6.96. The van der Waals surface area contributed by atoms with E-state index >= 15 is 0 Å². The molecule has 4 rings (SSSR count). The summed E-state index contributed by atoms with van der Waals surface area (Å²) >= 11 is 0. The average Bonchev–Trinajstić information content (AvgIpc) is 2.68. The summed E-state index contributed by atoms with van der Waals surface area (Å²) in [6.45, 7) is 2.02. The molecule has 3 heterocycles. The first-order valence-corrected chi connectivity index (χ1v) is 9.16. The Morgan fingerprint density at radius 3 is 2.93 bits per heavy atom. The molecule has 140 valence electrons. The van der Waals surface area contributed by atoms with Crippen molar-refractivity contribution >= 4 is 10.9 Å². The number of ether oxygens (including phenoxy) is 2. The fourth-order valence-corrected chi connectivity index (χ4v) is 3.57. The summed E-state index contributed by atoms with van der Waals surface area (Å²) in [4.78, 5) is 21.8. The van der Waals surface area contributed by atoms with Crippen LogP contribution in [0.25, 0.3) is 22.2 Å². The molecule has 1 fully saturated rings. The molecule has 1 aliphatic rings. The van der Waals surface area contributed by atoms with E-state index in [9.17, 15) is 4.79 Å². The Bertz CT molecular complexity index is 1010. The number of piperidine rings is 1. The van der Waals surface area contributed by atoms with Gasteiger partial charge in [0.1, 0.15) is 6.10 Å². The zero-order chi connectivity index (χ0) is 18.8. The van der Waals surface area contributed by atoms with E-state index in [0.717, 1.165) is 37.2 Å². The zero-order valence-corrected chi connectivity index (χ0v) is 15.6. The molecule has 0 saturated carbocycles. The van der Waals surface area contributed by atoms with Gasteiger partial charge in [0.2, 0.25) is 0 Å². The van der Waals surface area contributed by atoms with Gasteiger partial charge in [0.05, 0.1) is 23.7 Å². The van der Waals surface area contributed by atoms with Crippen molar-refractivity contribution < 1.29 is 9.47 Å². The molecule has 6 heteroatoms. The van der Waals surface area contributed by atoms with Crippen molar-refractivity contribution in [1.29, 1.82) is 0 Å². The number of hydrogen-bond acceptors (Lipinski definition) is 5. The normalized spacial score (nSPS) is 17.8. The maximum atomic E-state index is 12.3. The number of likely N-dealkylation sites (N-methyl/N-ethyl adjacent to an activating group) is 1. The largest absolute Gasteiger partial charge is 0.493 e. The van der Waals surface area contributed by atoms with Crippen molar-refractivity contribution in [3.8, 4) is 22.8 Å². The van der Waals surface area contributed by atoms with Crippen molar-refractivity contribution in [3.05, 3.63) is 52.9 Å². The Hall–Kier alpha value is -2.86. The molecule has 1 N–H and O–H groups in total. The Labute approximate surface area is 157 Å². The first-order valence-electron chi connectivity index (χ1n) is 9.16. The molecule has 1 saturated heterocycles. The van der Waals surface area contributed by atoms with Crippen LogP contribution in [0, 0.1) is 0 Å².